The molecule has 2 N–H and O–H groups in total. The van der Waals surface area contributed by atoms with Crippen molar-refractivity contribution in [1.29, 1.82) is 0 Å². The Balaban J connectivity index is 1.48. The Morgan fingerprint density at radius 1 is 1.29 bits per heavy atom. The van der Waals surface area contributed by atoms with Crippen molar-refractivity contribution in [3.8, 4) is 0 Å². The number of urea groups is 1. The van der Waals surface area contributed by atoms with Crippen LogP contribution in [0.4, 0.5) is 10.5 Å². The van der Waals surface area contributed by atoms with Gasteiger partial charge >= 0.3 is 6.03 Å². The van der Waals surface area contributed by atoms with E-state index in [1.54, 1.807) is 13.8 Å². The minimum atomic E-state index is -3.10. The number of fused-ring (bicyclic) bond motifs is 3. The van der Waals surface area contributed by atoms with Crippen LogP contribution in [0.15, 0.2) is 20.8 Å². The fraction of sp³-hybridized carbons (Fsp3) is 0.545. The summed E-state index contributed by atoms with van der Waals surface area (Å²) in [6.45, 7) is 6.12. The largest absolute Gasteiger partial charge is 0.458 e. The molecule has 164 valence electrons. The van der Waals surface area contributed by atoms with Crippen molar-refractivity contribution in [3.63, 3.8) is 0 Å². The number of rotatable bonds is 3. The number of carbonyl (C=O) groups is 1. The molecule has 2 aliphatic heterocycles. The Labute approximate surface area is 186 Å². The Kier molecular flexibility index (Phi) is 4.02. The molecule has 3 heterocycles. The molecule has 0 saturated carbocycles. The normalized spacial score (nSPS) is 33.6. The summed E-state index contributed by atoms with van der Waals surface area (Å²) in [4.78, 5) is 17.8. The average molecular weight is 460 g/mol. The monoisotopic (exact) mass is 459 g/mol. The van der Waals surface area contributed by atoms with Gasteiger partial charge in [-0.1, -0.05) is 17.4 Å². The second-order valence-electron chi connectivity index (χ2n) is 9.86. The lowest BCUT2D eigenvalue weighted by Crippen LogP contribution is -2.47. The first-order valence-corrected chi connectivity index (χ1v) is 13.3. The zero-order chi connectivity index (χ0) is 21.8. The van der Waals surface area contributed by atoms with Gasteiger partial charge in [0.1, 0.15) is 14.8 Å². The summed E-state index contributed by atoms with van der Waals surface area (Å²) < 4.78 is 21.7. The number of benzene rings is 1. The van der Waals surface area contributed by atoms with E-state index < -0.39 is 15.5 Å². The lowest BCUT2D eigenvalue weighted by Gasteiger charge is -2.26. The number of quaternary nitrogens is 1. The van der Waals surface area contributed by atoms with Crippen molar-refractivity contribution < 1.29 is 14.1 Å². The number of nitrogens with one attached hydrogen (secondary N) is 1. The van der Waals surface area contributed by atoms with Crippen molar-refractivity contribution in [2.45, 2.75) is 74.8 Å². The molecule has 4 unspecified atom stereocenters. The number of aromatic nitrogens is 1. The molecule has 0 radical (unpaired) electrons. The summed E-state index contributed by atoms with van der Waals surface area (Å²) >= 11 is 1.15. The quantitative estimate of drug-likeness (QED) is 0.541. The molecular weight excluding hydrogens is 432 g/mol. The Hall–Kier alpha value is -1.65. The van der Waals surface area contributed by atoms with Gasteiger partial charge < -0.3 is 5.11 Å². The molecule has 2 aromatic rings. The van der Waals surface area contributed by atoms with Crippen LogP contribution < -0.4 is 9.21 Å². The van der Waals surface area contributed by atoms with Crippen LogP contribution in [0.2, 0.25) is 0 Å². The Morgan fingerprint density at radius 3 is 2.81 bits per heavy atom. The van der Waals surface area contributed by atoms with Crippen LogP contribution in [0.5, 0.6) is 0 Å². The predicted octanol–water partition coefficient (Wildman–Crippen LogP) is 3.72. The molecule has 1 fully saturated rings. The van der Waals surface area contributed by atoms with E-state index in [4.69, 9.17) is 0 Å². The zero-order valence-electron chi connectivity index (χ0n) is 18.0. The van der Waals surface area contributed by atoms with Crippen LogP contribution in [0.25, 0.3) is 0 Å². The van der Waals surface area contributed by atoms with Gasteiger partial charge in [0.2, 0.25) is 6.17 Å². The fourth-order valence-corrected chi connectivity index (χ4v) is 8.64. The SMILES string of the molecule is CC1CCc2cc3c(c([N+]45CC4NS(=O)(c4cnc(C(C)(C)O)s4)=NC5=O)c21)CCC3. The van der Waals surface area contributed by atoms with Crippen molar-refractivity contribution in [1.82, 2.24) is 14.2 Å². The van der Waals surface area contributed by atoms with Gasteiger partial charge in [0.15, 0.2) is 22.1 Å². The molecule has 1 aromatic carbocycles. The number of amides is 2. The number of aliphatic hydroxyl groups is 1. The molecule has 4 aliphatic rings. The average Bonchev–Trinajstić information content (AvgIpc) is 3.11. The van der Waals surface area contributed by atoms with E-state index >= 15 is 0 Å². The summed E-state index contributed by atoms with van der Waals surface area (Å²) in [5.74, 6) is 0.430. The van der Waals surface area contributed by atoms with Gasteiger partial charge in [-0.3, -0.25) is 0 Å². The third-order valence-corrected chi connectivity index (χ3v) is 10.9. The molecule has 2 amide bonds. The molecule has 0 bridgehead atoms. The molecule has 7 nitrogen and oxygen atoms in total. The second-order valence-corrected chi connectivity index (χ2v) is 13.1. The Morgan fingerprint density at radius 2 is 2.10 bits per heavy atom. The van der Waals surface area contributed by atoms with Gasteiger partial charge in [0.25, 0.3) is 0 Å². The smallest absolute Gasteiger partial charge is 0.383 e. The van der Waals surface area contributed by atoms with Crippen molar-refractivity contribution >= 4 is 33.0 Å². The topological polar surface area (TPSA) is 91.7 Å². The molecule has 0 spiro atoms. The highest BCUT2D eigenvalue weighted by Gasteiger charge is 2.69. The number of aryl methyl sites for hydroxylation is 2. The summed E-state index contributed by atoms with van der Waals surface area (Å²) in [6, 6.07) is 2.06. The van der Waals surface area contributed by atoms with Crippen LogP contribution in [-0.4, -0.2) is 33.0 Å². The highest BCUT2D eigenvalue weighted by Crippen LogP contribution is 2.53. The highest BCUT2D eigenvalue weighted by molar-refractivity contribution is 7.94. The maximum atomic E-state index is 13.7. The van der Waals surface area contributed by atoms with Gasteiger partial charge in [-0.15, -0.1) is 11.3 Å². The molecular formula is C22H27N4O3S2+. The molecule has 2 aliphatic carbocycles. The van der Waals surface area contributed by atoms with Crippen LogP contribution in [0.3, 0.4) is 0 Å². The summed E-state index contributed by atoms with van der Waals surface area (Å²) in [5, 5.41) is 10.7. The van der Waals surface area contributed by atoms with Gasteiger partial charge in [-0.2, -0.15) is 9.21 Å². The molecule has 6 rings (SSSR count). The third kappa shape index (κ3) is 2.70. The van der Waals surface area contributed by atoms with Crippen LogP contribution in [0, 0.1) is 0 Å². The first-order valence-electron chi connectivity index (χ1n) is 11.0. The van der Waals surface area contributed by atoms with E-state index in [0.717, 1.165) is 49.1 Å². The van der Waals surface area contributed by atoms with Crippen molar-refractivity contribution in [2.75, 3.05) is 6.54 Å². The first-order chi connectivity index (χ1) is 14.6. The van der Waals surface area contributed by atoms with Crippen LogP contribution in [-0.2, 0) is 34.8 Å². The number of hydrogen-bond acceptors (Lipinski definition) is 5. The van der Waals surface area contributed by atoms with Gasteiger partial charge in [-0.05, 0) is 63.0 Å². The lowest BCUT2D eigenvalue weighted by atomic mass is 9.94. The summed E-state index contributed by atoms with van der Waals surface area (Å²) in [7, 11) is -3.10. The van der Waals surface area contributed by atoms with Gasteiger partial charge in [-0.25, -0.2) is 14.0 Å². The molecule has 9 heteroatoms. The van der Waals surface area contributed by atoms with E-state index in [-0.39, 0.29) is 16.7 Å². The number of nitrogens with zero attached hydrogens (tertiary/aromatic N) is 3. The molecule has 1 aromatic heterocycles. The van der Waals surface area contributed by atoms with E-state index in [2.05, 4.69) is 27.1 Å². The Bertz CT molecular complexity index is 1270. The number of carbonyl (C=O) groups excluding carboxylic acids is 1. The zero-order valence-corrected chi connectivity index (χ0v) is 19.6. The second kappa shape index (κ2) is 6.23. The highest BCUT2D eigenvalue weighted by atomic mass is 32.2. The maximum Gasteiger partial charge on any atom is 0.458 e. The number of thiazole rings is 1. The van der Waals surface area contributed by atoms with Crippen molar-refractivity contribution in [3.05, 3.63) is 39.5 Å². The van der Waals surface area contributed by atoms with Crippen LogP contribution >= 0.6 is 11.3 Å². The minimum absolute atomic E-state index is 0.171. The predicted molar refractivity (Wildman–Crippen MR) is 120 cm³/mol. The van der Waals surface area contributed by atoms with Crippen molar-refractivity contribution in [2.24, 2.45) is 4.36 Å². The van der Waals surface area contributed by atoms with Crippen LogP contribution in [0.1, 0.15) is 66.8 Å². The maximum absolute atomic E-state index is 13.7. The summed E-state index contributed by atoms with van der Waals surface area (Å²) in [6.07, 6.45) is 6.64. The van der Waals surface area contributed by atoms with Gasteiger partial charge in [0.05, 0.1) is 6.20 Å². The molecule has 4 atom stereocenters. The van der Waals surface area contributed by atoms with E-state index in [9.17, 15) is 14.1 Å². The van der Waals surface area contributed by atoms with E-state index in [1.165, 1.54) is 28.5 Å². The fourth-order valence-electron chi connectivity index (χ4n) is 5.60. The molecule has 31 heavy (non-hydrogen) atoms. The number of hydrogen-bond donors (Lipinski definition) is 2. The lowest BCUT2D eigenvalue weighted by molar-refractivity contribution is 0.0783. The third-order valence-electron chi connectivity index (χ3n) is 7.22. The summed E-state index contributed by atoms with van der Waals surface area (Å²) in [5.41, 5.74) is 5.47. The molecule has 1 saturated heterocycles. The minimum Gasteiger partial charge on any atom is -0.383 e. The standard InChI is InChI=1S/C22H26N4O3S2/c1-12-7-8-14-9-13-5-4-6-15(13)19(18(12)14)26-11-16(26)24-31(29,25-21(26)27)17-10-23-20(30-17)22(2,3)28/h9-10,12,16,28H,4-8,11H2,1-3H3/p+1. The first kappa shape index (κ1) is 20.0. The van der Waals surface area contributed by atoms with Gasteiger partial charge in [0, 0.05) is 11.1 Å². The van der Waals surface area contributed by atoms with E-state index in [1.807, 2.05) is 0 Å². The van der Waals surface area contributed by atoms with E-state index in [0.29, 0.717) is 21.7 Å².